The molecule has 0 atom stereocenters. The van der Waals surface area contributed by atoms with Gasteiger partial charge in [0.2, 0.25) is 0 Å². The summed E-state index contributed by atoms with van der Waals surface area (Å²) in [4.78, 5) is 12.1. The molecule has 0 aliphatic carbocycles. The molecule has 2 N–H and O–H groups in total. The maximum absolute atomic E-state index is 12.1. The van der Waals surface area contributed by atoms with Gasteiger partial charge in [0.25, 0.3) is 5.91 Å². The SMILES string of the molecule is CCc1ccccc1NC(=O)COc1ccc(Nc2ccccc2)cc1. The Kier molecular flexibility index (Phi) is 5.88. The van der Waals surface area contributed by atoms with Gasteiger partial charge in [0.15, 0.2) is 6.61 Å². The van der Waals surface area contributed by atoms with E-state index in [4.69, 9.17) is 4.74 Å². The van der Waals surface area contributed by atoms with Crippen LogP contribution >= 0.6 is 0 Å². The Bertz CT molecular complexity index is 846. The topological polar surface area (TPSA) is 50.4 Å². The Hall–Kier alpha value is -3.27. The highest BCUT2D eigenvalue weighted by Crippen LogP contribution is 2.20. The molecule has 4 heteroatoms. The lowest BCUT2D eigenvalue weighted by Gasteiger charge is -2.11. The normalized spacial score (nSPS) is 10.2. The molecule has 3 aromatic rings. The molecule has 0 saturated carbocycles. The van der Waals surface area contributed by atoms with Gasteiger partial charge in [-0.15, -0.1) is 0 Å². The summed E-state index contributed by atoms with van der Waals surface area (Å²) in [7, 11) is 0. The third kappa shape index (κ3) is 4.86. The van der Waals surface area contributed by atoms with E-state index in [2.05, 4.69) is 17.6 Å². The zero-order chi connectivity index (χ0) is 18.2. The first-order valence-electron chi connectivity index (χ1n) is 8.67. The molecule has 0 saturated heterocycles. The third-order valence-electron chi connectivity index (χ3n) is 3.96. The Balaban J connectivity index is 1.52. The van der Waals surface area contributed by atoms with E-state index in [0.717, 1.165) is 29.0 Å². The van der Waals surface area contributed by atoms with Gasteiger partial charge in [0.1, 0.15) is 5.75 Å². The molecule has 0 aliphatic rings. The smallest absolute Gasteiger partial charge is 0.262 e. The fourth-order valence-corrected chi connectivity index (χ4v) is 2.61. The second-order valence-corrected chi connectivity index (χ2v) is 5.86. The highest BCUT2D eigenvalue weighted by molar-refractivity contribution is 5.92. The van der Waals surface area contributed by atoms with Crippen LogP contribution in [0.15, 0.2) is 78.9 Å². The number of hydrogen-bond donors (Lipinski definition) is 2. The summed E-state index contributed by atoms with van der Waals surface area (Å²) in [5, 5.41) is 6.21. The average molecular weight is 346 g/mol. The zero-order valence-electron chi connectivity index (χ0n) is 14.7. The first kappa shape index (κ1) is 17.5. The van der Waals surface area contributed by atoms with E-state index < -0.39 is 0 Å². The van der Waals surface area contributed by atoms with Gasteiger partial charge in [-0.2, -0.15) is 0 Å². The summed E-state index contributed by atoms with van der Waals surface area (Å²) in [6.45, 7) is 2.04. The molecule has 26 heavy (non-hydrogen) atoms. The minimum atomic E-state index is -0.169. The van der Waals surface area contributed by atoms with Crippen molar-refractivity contribution in [2.75, 3.05) is 17.2 Å². The van der Waals surface area contributed by atoms with Crippen molar-refractivity contribution in [3.05, 3.63) is 84.4 Å². The van der Waals surface area contributed by atoms with Crippen molar-refractivity contribution < 1.29 is 9.53 Å². The quantitative estimate of drug-likeness (QED) is 0.632. The Morgan fingerprint density at radius 2 is 1.50 bits per heavy atom. The van der Waals surface area contributed by atoms with Crippen LogP contribution < -0.4 is 15.4 Å². The summed E-state index contributed by atoms with van der Waals surface area (Å²) >= 11 is 0. The predicted octanol–water partition coefficient (Wildman–Crippen LogP) is 5.01. The fraction of sp³-hybridized carbons (Fsp3) is 0.136. The average Bonchev–Trinajstić information content (AvgIpc) is 2.69. The molecule has 0 aliphatic heterocycles. The summed E-state index contributed by atoms with van der Waals surface area (Å²) < 4.78 is 5.58. The van der Waals surface area contributed by atoms with Crippen LogP contribution in [0, 0.1) is 0 Å². The molecule has 3 rings (SSSR count). The van der Waals surface area contributed by atoms with Crippen LogP contribution in [0.3, 0.4) is 0 Å². The van der Waals surface area contributed by atoms with Gasteiger partial charge >= 0.3 is 0 Å². The number of amides is 1. The number of carbonyl (C=O) groups excluding carboxylic acids is 1. The number of nitrogens with one attached hydrogen (secondary N) is 2. The highest BCUT2D eigenvalue weighted by atomic mass is 16.5. The highest BCUT2D eigenvalue weighted by Gasteiger charge is 2.06. The molecular formula is C22H22N2O2. The van der Waals surface area contributed by atoms with Crippen LogP contribution in [0.5, 0.6) is 5.75 Å². The maximum atomic E-state index is 12.1. The summed E-state index contributed by atoms with van der Waals surface area (Å²) in [6, 6.07) is 25.3. The number of benzene rings is 3. The number of anilines is 3. The van der Waals surface area contributed by atoms with E-state index in [1.807, 2.05) is 78.9 Å². The molecule has 132 valence electrons. The van der Waals surface area contributed by atoms with Gasteiger partial charge in [0.05, 0.1) is 0 Å². The van der Waals surface area contributed by atoms with E-state index in [1.165, 1.54) is 0 Å². The molecule has 0 aromatic heterocycles. The van der Waals surface area contributed by atoms with Crippen molar-refractivity contribution in [1.82, 2.24) is 0 Å². The lowest BCUT2D eigenvalue weighted by Crippen LogP contribution is -2.20. The first-order valence-corrected chi connectivity index (χ1v) is 8.67. The van der Waals surface area contributed by atoms with Crippen molar-refractivity contribution in [2.45, 2.75) is 13.3 Å². The van der Waals surface area contributed by atoms with Crippen molar-refractivity contribution in [1.29, 1.82) is 0 Å². The minimum Gasteiger partial charge on any atom is -0.484 e. The van der Waals surface area contributed by atoms with Crippen LogP contribution in [0.25, 0.3) is 0 Å². The number of carbonyl (C=O) groups is 1. The molecule has 0 spiro atoms. The molecule has 0 radical (unpaired) electrons. The number of ether oxygens (including phenoxy) is 1. The fourth-order valence-electron chi connectivity index (χ4n) is 2.61. The molecule has 4 nitrogen and oxygen atoms in total. The van der Waals surface area contributed by atoms with Crippen LogP contribution in [0.1, 0.15) is 12.5 Å². The van der Waals surface area contributed by atoms with Crippen molar-refractivity contribution in [3.8, 4) is 5.75 Å². The zero-order valence-corrected chi connectivity index (χ0v) is 14.7. The van der Waals surface area contributed by atoms with E-state index in [0.29, 0.717) is 5.75 Å². The summed E-state index contributed by atoms with van der Waals surface area (Å²) in [5.74, 6) is 0.486. The second-order valence-electron chi connectivity index (χ2n) is 5.86. The van der Waals surface area contributed by atoms with E-state index in [9.17, 15) is 4.79 Å². The predicted molar refractivity (Wildman–Crippen MR) is 106 cm³/mol. The van der Waals surface area contributed by atoms with Crippen LogP contribution in [0.4, 0.5) is 17.1 Å². The second kappa shape index (κ2) is 8.72. The van der Waals surface area contributed by atoms with Crippen LogP contribution in [-0.2, 0) is 11.2 Å². The van der Waals surface area contributed by atoms with Gasteiger partial charge in [0, 0.05) is 17.1 Å². The van der Waals surface area contributed by atoms with E-state index in [-0.39, 0.29) is 12.5 Å². The van der Waals surface area contributed by atoms with Crippen LogP contribution in [0.2, 0.25) is 0 Å². The first-order chi connectivity index (χ1) is 12.7. The van der Waals surface area contributed by atoms with Gasteiger partial charge in [-0.05, 0) is 54.4 Å². The number of para-hydroxylation sites is 2. The molecule has 3 aromatic carbocycles. The third-order valence-corrected chi connectivity index (χ3v) is 3.96. The lowest BCUT2D eigenvalue weighted by molar-refractivity contribution is -0.118. The van der Waals surface area contributed by atoms with Crippen molar-refractivity contribution in [2.24, 2.45) is 0 Å². The van der Waals surface area contributed by atoms with Crippen molar-refractivity contribution in [3.63, 3.8) is 0 Å². The van der Waals surface area contributed by atoms with Gasteiger partial charge in [-0.1, -0.05) is 43.3 Å². The van der Waals surface area contributed by atoms with E-state index in [1.54, 1.807) is 0 Å². The number of rotatable bonds is 7. The summed E-state index contributed by atoms with van der Waals surface area (Å²) in [5.41, 5.74) is 3.93. The molecule has 0 bridgehead atoms. The van der Waals surface area contributed by atoms with Crippen molar-refractivity contribution >= 4 is 23.0 Å². The Labute approximate surface area is 153 Å². The van der Waals surface area contributed by atoms with Crippen LogP contribution in [-0.4, -0.2) is 12.5 Å². The monoisotopic (exact) mass is 346 g/mol. The van der Waals surface area contributed by atoms with Gasteiger partial charge in [-0.3, -0.25) is 4.79 Å². The number of hydrogen-bond acceptors (Lipinski definition) is 3. The maximum Gasteiger partial charge on any atom is 0.262 e. The largest absolute Gasteiger partial charge is 0.484 e. The molecule has 0 heterocycles. The lowest BCUT2D eigenvalue weighted by atomic mass is 10.1. The number of aryl methyl sites for hydroxylation is 1. The Morgan fingerprint density at radius 1 is 0.846 bits per heavy atom. The molecule has 1 amide bonds. The van der Waals surface area contributed by atoms with Gasteiger partial charge in [-0.25, -0.2) is 0 Å². The van der Waals surface area contributed by atoms with Gasteiger partial charge < -0.3 is 15.4 Å². The van der Waals surface area contributed by atoms with E-state index >= 15 is 0 Å². The molecular weight excluding hydrogens is 324 g/mol. The Morgan fingerprint density at radius 3 is 2.23 bits per heavy atom. The molecule has 0 unspecified atom stereocenters. The minimum absolute atomic E-state index is 0.0243. The standard InChI is InChI=1S/C22H22N2O2/c1-2-17-8-6-7-11-21(17)24-22(25)16-26-20-14-12-19(13-15-20)23-18-9-4-3-5-10-18/h3-15,23H,2,16H2,1H3,(H,24,25). The molecule has 0 fully saturated rings. The summed E-state index contributed by atoms with van der Waals surface area (Å²) in [6.07, 6.45) is 0.868.